The molecule has 1 fully saturated rings. The molecule has 1 atom stereocenters. The van der Waals surface area contributed by atoms with E-state index in [4.69, 9.17) is 0 Å². The van der Waals surface area contributed by atoms with E-state index in [2.05, 4.69) is 39.5 Å². The summed E-state index contributed by atoms with van der Waals surface area (Å²) in [5, 5.41) is 3.37. The second-order valence-corrected chi connectivity index (χ2v) is 5.35. The molecule has 2 rings (SSSR count). The third-order valence-electron chi connectivity index (χ3n) is 2.97. The summed E-state index contributed by atoms with van der Waals surface area (Å²) in [4.78, 5) is 11.2. The molecule has 2 nitrogen and oxygen atoms in total. The number of Topliss-reactive ketones (excluding diaryl/α,β-unsaturated/α-hetero) is 1. The van der Waals surface area contributed by atoms with Gasteiger partial charge < -0.3 is 5.32 Å². The molecule has 1 saturated heterocycles. The highest BCUT2D eigenvalue weighted by molar-refractivity contribution is 9.10. The van der Waals surface area contributed by atoms with Gasteiger partial charge in [-0.15, -0.1) is 0 Å². The highest BCUT2D eigenvalue weighted by atomic mass is 79.9. The van der Waals surface area contributed by atoms with E-state index in [0.29, 0.717) is 6.42 Å². The summed E-state index contributed by atoms with van der Waals surface area (Å²) >= 11 is 3.43. The molecule has 1 aromatic rings. The predicted molar refractivity (Wildman–Crippen MR) is 73.8 cm³/mol. The van der Waals surface area contributed by atoms with Crippen LogP contribution in [0.3, 0.4) is 0 Å². The van der Waals surface area contributed by atoms with Gasteiger partial charge in [-0.1, -0.05) is 39.7 Å². The minimum Gasteiger partial charge on any atom is -0.309 e. The van der Waals surface area contributed by atoms with Crippen molar-refractivity contribution in [3.63, 3.8) is 0 Å². The van der Waals surface area contributed by atoms with Crippen molar-refractivity contribution >= 4 is 27.8 Å². The summed E-state index contributed by atoms with van der Waals surface area (Å²) in [5.74, 6) is 0.242. The number of hydrogen-bond donors (Lipinski definition) is 1. The van der Waals surface area contributed by atoms with Gasteiger partial charge in [-0.2, -0.15) is 0 Å². The van der Waals surface area contributed by atoms with Crippen molar-refractivity contribution in [2.45, 2.75) is 25.8 Å². The van der Waals surface area contributed by atoms with Crippen LogP contribution in [0.25, 0.3) is 6.08 Å². The normalized spacial score (nSPS) is 22.0. The first-order valence-corrected chi connectivity index (χ1v) is 6.63. The molecular formula is C14H16BrNO. The molecule has 0 spiro atoms. The zero-order valence-electron chi connectivity index (χ0n) is 9.87. The van der Waals surface area contributed by atoms with E-state index in [1.165, 1.54) is 11.1 Å². The van der Waals surface area contributed by atoms with Gasteiger partial charge in [-0.3, -0.25) is 4.79 Å². The molecule has 0 radical (unpaired) electrons. The predicted octanol–water partition coefficient (Wildman–Crippen LogP) is 3.17. The van der Waals surface area contributed by atoms with E-state index in [9.17, 15) is 4.79 Å². The standard InChI is InChI=1S/C14H16BrNO/c1-10(17)8-14-12(6-7-16-14)9-11-2-4-13(15)5-3-11/h2-5,9,14,16H,6-8H2,1H3/b12-9+/t14-/m0/s1. The molecule has 1 aliphatic heterocycles. The van der Waals surface area contributed by atoms with E-state index in [1.807, 2.05) is 12.1 Å². The summed E-state index contributed by atoms with van der Waals surface area (Å²) in [6.45, 7) is 2.62. The van der Waals surface area contributed by atoms with E-state index < -0.39 is 0 Å². The van der Waals surface area contributed by atoms with Crippen molar-refractivity contribution in [1.29, 1.82) is 0 Å². The molecule has 90 valence electrons. The lowest BCUT2D eigenvalue weighted by Gasteiger charge is -2.10. The molecule has 17 heavy (non-hydrogen) atoms. The van der Waals surface area contributed by atoms with Gasteiger partial charge in [0, 0.05) is 16.9 Å². The minimum atomic E-state index is 0.233. The number of rotatable bonds is 3. The van der Waals surface area contributed by atoms with Crippen LogP contribution in [0.1, 0.15) is 25.3 Å². The smallest absolute Gasteiger partial charge is 0.131 e. The number of hydrogen-bond acceptors (Lipinski definition) is 2. The Bertz CT molecular complexity index is 436. The zero-order valence-corrected chi connectivity index (χ0v) is 11.5. The molecule has 0 saturated carbocycles. The molecule has 0 aromatic heterocycles. The van der Waals surface area contributed by atoms with Crippen molar-refractivity contribution in [3.8, 4) is 0 Å². The highest BCUT2D eigenvalue weighted by Crippen LogP contribution is 2.21. The highest BCUT2D eigenvalue weighted by Gasteiger charge is 2.21. The number of nitrogens with one attached hydrogen (secondary N) is 1. The molecule has 1 N–H and O–H groups in total. The fourth-order valence-electron chi connectivity index (χ4n) is 2.13. The van der Waals surface area contributed by atoms with E-state index in [0.717, 1.165) is 17.4 Å². The van der Waals surface area contributed by atoms with Gasteiger partial charge in [0.25, 0.3) is 0 Å². The van der Waals surface area contributed by atoms with Crippen molar-refractivity contribution in [2.75, 3.05) is 6.54 Å². The van der Waals surface area contributed by atoms with Crippen LogP contribution in [0.15, 0.2) is 34.3 Å². The average molecular weight is 294 g/mol. The maximum Gasteiger partial charge on any atom is 0.131 e. The summed E-state index contributed by atoms with van der Waals surface area (Å²) in [6, 6.07) is 8.47. The van der Waals surface area contributed by atoms with Crippen LogP contribution in [0.5, 0.6) is 0 Å². The molecule has 1 heterocycles. The minimum absolute atomic E-state index is 0.233. The molecule has 3 heteroatoms. The van der Waals surface area contributed by atoms with Gasteiger partial charge in [-0.25, -0.2) is 0 Å². The molecule has 0 amide bonds. The van der Waals surface area contributed by atoms with Crippen LogP contribution in [-0.2, 0) is 4.79 Å². The van der Waals surface area contributed by atoms with Gasteiger partial charge in [-0.05, 0) is 37.6 Å². The summed E-state index contributed by atoms with van der Waals surface area (Å²) in [6.07, 6.45) is 3.83. The fraction of sp³-hybridized carbons (Fsp3) is 0.357. The lowest BCUT2D eigenvalue weighted by Crippen LogP contribution is -2.24. The van der Waals surface area contributed by atoms with Crippen LogP contribution in [0.2, 0.25) is 0 Å². The molecule has 0 aliphatic carbocycles. The van der Waals surface area contributed by atoms with Gasteiger partial charge in [0.15, 0.2) is 0 Å². The summed E-state index contributed by atoms with van der Waals surface area (Å²) in [5.41, 5.74) is 2.53. The summed E-state index contributed by atoms with van der Waals surface area (Å²) < 4.78 is 1.09. The largest absolute Gasteiger partial charge is 0.309 e. The Hall–Kier alpha value is -0.930. The monoisotopic (exact) mass is 293 g/mol. The first kappa shape index (κ1) is 12.5. The first-order chi connectivity index (χ1) is 8.15. The van der Waals surface area contributed by atoms with Gasteiger partial charge in [0.2, 0.25) is 0 Å². The Morgan fingerprint density at radius 3 is 2.82 bits per heavy atom. The molecule has 0 bridgehead atoms. The third-order valence-corrected chi connectivity index (χ3v) is 3.49. The Kier molecular flexibility index (Phi) is 4.13. The number of carbonyl (C=O) groups excluding carboxylic acids is 1. The second kappa shape index (κ2) is 5.61. The maximum atomic E-state index is 11.2. The maximum absolute atomic E-state index is 11.2. The molecule has 1 aliphatic rings. The van der Waals surface area contributed by atoms with Crippen LogP contribution in [-0.4, -0.2) is 18.4 Å². The Balaban J connectivity index is 2.14. The van der Waals surface area contributed by atoms with Gasteiger partial charge >= 0.3 is 0 Å². The van der Waals surface area contributed by atoms with Gasteiger partial charge in [0.05, 0.1) is 0 Å². The molecular weight excluding hydrogens is 278 g/mol. The Labute approximate surface area is 110 Å². The first-order valence-electron chi connectivity index (χ1n) is 5.84. The van der Waals surface area contributed by atoms with Crippen molar-refractivity contribution < 1.29 is 4.79 Å². The SMILES string of the molecule is CC(=O)C[C@@H]1NCC/C1=C\c1ccc(Br)cc1. The lowest BCUT2D eigenvalue weighted by atomic mass is 10.0. The number of halogens is 1. The van der Waals surface area contributed by atoms with Crippen LogP contribution in [0, 0.1) is 0 Å². The number of ketones is 1. The topological polar surface area (TPSA) is 29.1 Å². The van der Waals surface area contributed by atoms with Crippen LogP contribution < -0.4 is 5.32 Å². The van der Waals surface area contributed by atoms with E-state index in [-0.39, 0.29) is 11.8 Å². The van der Waals surface area contributed by atoms with Crippen molar-refractivity contribution in [2.24, 2.45) is 0 Å². The second-order valence-electron chi connectivity index (χ2n) is 4.43. The Morgan fingerprint density at radius 1 is 1.47 bits per heavy atom. The lowest BCUT2D eigenvalue weighted by molar-refractivity contribution is -0.117. The number of benzene rings is 1. The van der Waals surface area contributed by atoms with E-state index in [1.54, 1.807) is 6.92 Å². The van der Waals surface area contributed by atoms with Crippen LogP contribution in [0.4, 0.5) is 0 Å². The number of carbonyl (C=O) groups is 1. The third kappa shape index (κ3) is 3.51. The average Bonchev–Trinajstić information content (AvgIpc) is 2.68. The van der Waals surface area contributed by atoms with Crippen molar-refractivity contribution in [1.82, 2.24) is 5.32 Å². The summed E-state index contributed by atoms with van der Waals surface area (Å²) in [7, 11) is 0. The van der Waals surface area contributed by atoms with Crippen LogP contribution >= 0.6 is 15.9 Å². The zero-order chi connectivity index (χ0) is 12.3. The van der Waals surface area contributed by atoms with Gasteiger partial charge in [0.1, 0.15) is 5.78 Å². The van der Waals surface area contributed by atoms with E-state index >= 15 is 0 Å². The fourth-order valence-corrected chi connectivity index (χ4v) is 2.40. The Morgan fingerprint density at radius 2 is 2.18 bits per heavy atom. The molecule has 1 aromatic carbocycles. The molecule has 0 unspecified atom stereocenters. The van der Waals surface area contributed by atoms with Crippen molar-refractivity contribution in [3.05, 3.63) is 39.9 Å². The quantitative estimate of drug-likeness (QED) is 0.927.